The van der Waals surface area contributed by atoms with Gasteiger partial charge in [-0.3, -0.25) is 0 Å². The fourth-order valence-electron chi connectivity index (χ4n) is 2.24. The van der Waals surface area contributed by atoms with Crippen molar-refractivity contribution in [2.75, 3.05) is 7.11 Å². The first-order chi connectivity index (χ1) is 10.0. The van der Waals surface area contributed by atoms with E-state index in [-0.39, 0.29) is 17.1 Å². The number of ether oxygens (including phenoxy) is 1. The summed E-state index contributed by atoms with van der Waals surface area (Å²) in [4.78, 5) is 0. The van der Waals surface area contributed by atoms with Crippen LogP contribution in [0.2, 0.25) is 5.02 Å². The van der Waals surface area contributed by atoms with Gasteiger partial charge < -0.3 is 10.1 Å². The lowest BCUT2D eigenvalue weighted by molar-refractivity contribution is 0.414. The third-order valence-electron chi connectivity index (χ3n) is 3.56. The Morgan fingerprint density at radius 1 is 1.00 bits per heavy atom. The second kappa shape index (κ2) is 6.92. The molecular formula is C17H19ClFNO. The van der Waals surface area contributed by atoms with Gasteiger partial charge in [0, 0.05) is 12.1 Å². The van der Waals surface area contributed by atoms with Crippen LogP contribution in [0.4, 0.5) is 4.39 Å². The topological polar surface area (TPSA) is 21.3 Å². The molecule has 0 fully saturated rings. The molecule has 4 heteroatoms. The molecule has 0 radical (unpaired) electrons. The quantitative estimate of drug-likeness (QED) is 0.848. The van der Waals surface area contributed by atoms with Crippen molar-refractivity contribution in [1.82, 2.24) is 5.32 Å². The highest BCUT2D eigenvalue weighted by Gasteiger charge is 2.12. The maximum atomic E-state index is 13.2. The van der Waals surface area contributed by atoms with Crippen LogP contribution in [0, 0.1) is 5.82 Å². The van der Waals surface area contributed by atoms with Crippen molar-refractivity contribution in [1.29, 1.82) is 0 Å². The van der Waals surface area contributed by atoms with Crippen molar-refractivity contribution < 1.29 is 9.13 Å². The van der Waals surface area contributed by atoms with Crippen LogP contribution in [0.3, 0.4) is 0 Å². The molecule has 2 atom stereocenters. The molecule has 0 aliphatic carbocycles. The lowest BCUT2D eigenvalue weighted by Gasteiger charge is -2.21. The molecule has 0 saturated carbocycles. The number of rotatable bonds is 5. The molecule has 0 heterocycles. The van der Waals surface area contributed by atoms with Gasteiger partial charge in [0.15, 0.2) is 0 Å². The Balaban J connectivity index is 2.06. The number of nitrogens with one attached hydrogen (secondary N) is 1. The molecule has 0 amide bonds. The lowest BCUT2D eigenvalue weighted by Crippen LogP contribution is -2.22. The first-order valence-corrected chi connectivity index (χ1v) is 7.24. The fraction of sp³-hybridized carbons (Fsp3) is 0.294. The van der Waals surface area contributed by atoms with Gasteiger partial charge in [0.1, 0.15) is 11.6 Å². The SMILES string of the molecule is COc1ccc([C@H](C)NC(C)c2ccc(F)c(Cl)c2)cc1. The molecule has 112 valence electrons. The summed E-state index contributed by atoms with van der Waals surface area (Å²) in [5, 5.41) is 3.63. The normalized spacial score (nSPS) is 13.8. The van der Waals surface area contributed by atoms with Gasteiger partial charge in [0.05, 0.1) is 12.1 Å². The van der Waals surface area contributed by atoms with Crippen molar-refractivity contribution in [2.45, 2.75) is 25.9 Å². The van der Waals surface area contributed by atoms with Gasteiger partial charge in [-0.1, -0.05) is 29.8 Å². The second-order valence-corrected chi connectivity index (χ2v) is 5.46. The molecule has 21 heavy (non-hydrogen) atoms. The summed E-state index contributed by atoms with van der Waals surface area (Å²) < 4.78 is 18.3. The molecule has 0 aromatic heterocycles. The van der Waals surface area contributed by atoms with Crippen LogP contribution < -0.4 is 10.1 Å². The average Bonchev–Trinajstić information content (AvgIpc) is 2.50. The maximum absolute atomic E-state index is 13.2. The molecule has 0 aliphatic heterocycles. The summed E-state index contributed by atoms with van der Waals surface area (Å²) in [5.41, 5.74) is 2.12. The van der Waals surface area contributed by atoms with E-state index in [1.165, 1.54) is 6.07 Å². The summed E-state index contributed by atoms with van der Waals surface area (Å²) >= 11 is 5.83. The Morgan fingerprint density at radius 3 is 2.14 bits per heavy atom. The molecule has 2 rings (SSSR count). The Hall–Kier alpha value is -1.58. The van der Waals surface area contributed by atoms with Gasteiger partial charge in [0.25, 0.3) is 0 Å². The number of methoxy groups -OCH3 is 1. The number of hydrogen-bond donors (Lipinski definition) is 1. The van der Waals surface area contributed by atoms with Crippen LogP contribution in [-0.4, -0.2) is 7.11 Å². The van der Waals surface area contributed by atoms with E-state index in [4.69, 9.17) is 16.3 Å². The summed E-state index contributed by atoms with van der Waals surface area (Å²) in [5.74, 6) is 0.445. The Kier molecular flexibility index (Phi) is 5.21. The minimum absolute atomic E-state index is 0.0696. The van der Waals surface area contributed by atoms with Crippen molar-refractivity contribution in [2.24, 2.45) is 0 Å². The largest absolute Gasteiger partial charge is 0.497 e. The van der Waals surface area contributed by atoms with Crippen LogP contribution in [0.5, 0.6) is 5.75 Å². The Labute approximate surface area is 129 Å². The summed E-state index contributed by atoms with van der Waals surface area (Å²) in [6, 6.07) is 13.0. The van der Waals surface area contributed by atoms with E-state index in [2.05, 4.69) is 12.2 Å². The molecular weight excluding hydrogens is 289 g/mol. The smallest absolute Gasteiger partial charge is 0.141 e. The first kappa shape index (κ1) is 15.8. The fourth-order valence-corrected chi connectivity index (χ4v) is 2.43. The van der Waals surface area contributed by atoms with E-state index in [0.717, 1.165) is 16.9 Å². The zero-order valence-electron chi connectivity index (χ0n) is 12.4. The van der Waals surface area contributed by atoms with Crippen LogP contribution in [0.1, 0.15) is 37.1 Å². The number of benzene rings is 2. The van der Waals surface area contributed by atoms with Crippen molar-refractivity contribution in [3.05, 3.63) is 64.4 Å². The molecule has 0 saturated heterocycles. The summed E-state index contributed by atoms with van der Waals surface area (Å²) in [6.45, 7) is 4.12. The molecule has 2 aromatic rings. The molecule has 0 bridgehead atoms. The van der Waals surface area contributed by atoms with Crippen molar-refractivity contribution in [3.63, 3.8) is 0 Å². The zero-order chi connectivity index (χ0) is 15.4. The predicted octanol–water partition coefficient (Wildman–Crippen LogP) is 4.90. The zero-order valence-corrected chi connectivity index (χ0v) is 13.1. The monoisotopic (exact) mass is 307 g/mol. The standard InChI is InChI=1S/C17H19ClFNO/c1-11(13-4-7-15(21-3)8-5-13)20-12(2)14-6-9-17(19)16(18)10-14/h4-12,20H,1-3H3/t11-,12?/m0/s1. The Morgan fingerprint density at radius 2 is 1.57 bits per heavy atom. The highest BCUT2D eigenvalue weighted by molar-refractivity contribution is 6.30. The predicted molar refractivity (Wildman–Crippen MR) is 84.4 cm³/mol. The van der Waals surface area contributed by atoms with Crippen LogP contribution in [-0.2, 0) is 0 Å². The van der Waals surface area contributed by atoms with Gasteiger partial charge in [0.2, 0.25) is 0 Å². The molecule has 0 aliphatic rings. The molecule has 2 aromatic carbocycles. The van der Waals surface area contributed by atoms with E-state index in [0.29, 0.717) is 0 Å². The lowest BCUT2D eigenvalue weighted by atomic mass is 10.0. The van der Waals surface area contributed by atoms with Gasteiger partial charge in [-0.25, -0.2) is 4.39 Å². The molecule has 0 spiro atoms. The third kappa shape index (κ3) is 3.96. The van der Waals surface area contributed by atoms with E-state index >= 15 is 0 Å². The van der Waals surface area contributed by atoms with E-state index in [9.17, 15) is 4.39 Å². The van der Waals surface area contributed by atoms with Crippen LogP contribution in [0.25, 0.3) is 0 Å². The summed E-state index contributed by atoms with van der Waals surface area (Å²) in [6.07, 6.45) is 0. The average molecular weight is 308 g/mol. The highest BCUT2D eigenvalue weighted by Crippen LogP contribution is 2.24. The number of halogens is 2. The van der Waals surface area contributed by atoms with Gasteiger partial charge >= 0.3 is 0 Å². The molecule has 2 nitrogen and oxygen atoms in total. The van der Waals surface area contributed by atoms with Crippen molar-refractivity contribution >= 4 is 11.6 Å². The molecule has 1 N–H and O–H groups in total. The Bertz CT molecular complexity index is 600. The summed E-state index contributed by atoms with van der Waals surface area (Å²) in [7, 11) is 1.65. The molecule has 1 unspecified atom stereocenters. The van der Waals surface area contributed by atoms with Gasteiger partial charge in [-0.15, -0.1) is 0 Å². The first-order valence-electron chi connectivity index (χ1n) is 6.86. The van der Waals surface area contributed by atoms with E-state index in [1.807, 2.05) is 31.2 Å². The highest BCUT2D eigenvalue weighted by atomic mass is 35.5. The number of hydrogen-bond acceptors (Lipinski definition) is 2. The van der Waals surface area contributed by atoms with E-state index < -0.39 is 5.82 Å². The van der Waals surface area contributed by atoms with E-state index in [1.54, 1.807) is 19.2 Å². The van der Waals surface area contributed by atoms with Crippen molar-refractivity contribution in [3.8, 4) is 5.75 Å². The van der Waals surface area contributed by atoms with Crippen LogP contribution >= 0.6 is 11.6 Å². The minimum atomic E-state index is -0.393. The van der Waals surface area contributed by atoms with Crippen LogP contribution in [0.15, 0.2) is 42.5 Å². The third-order valence-corrected chi connectivity index (χ3v) is 3.85. The minimum Gasteiger partial charge on any atom is -0.497 e. The van der Waals surface area contributed by atoms with Gasteiger partial charge in [-0.05, 0) is 49.2 Å². The van der Waals surface area contributed by atoms with Gasteiger partial charge in [-0.2, -0.15) is 0 Å². The maximum Gasteiger partial charge on any atom is 0.141 e. The second-order valence-electron chi connectivity index (χ2n) is 5.06.